The molecule has 0 fully saturated rings. The standard InChI is InChI=1S/C9H19NO4/c1-8(2,3)10(7(13)14)9(4,5-11)6-12/h11-12H,5-6H2,1-4H3,(H,13,14). The largest absolute Gasteiger partial charge is 0.465 e. The highest BCUT2D eigenvalue weighted by Gasteiger charge is 2.41. The van der Waals surface area contributed by atoms with Gasteiger partial charge in [-0.05, 0) is 27.7 Å². The highest BCUT2D eigenvalue weighted by atomic mass is 16.4. The highest BCUT2D eigenvalue weighted by Crippen LogP contribution is 2.24. The summed E-state index contributed by atoms with van der Waals surface area (Å²) in [6.07, 6.45) is -1.15. The molecule has 0 aromatic heterocycles. The lowest BCUT2D eigenvalue weighted by atomic mass is 9.95. The zero-order chi connectivity index (χ0) is 11.6. The number of hydrogen-bond acceptors (Lipinski definition) is 3. The molecule has 14 heavy (non-hydrogen) atoms. The summed E-state index contributed by atoms with van der Waals surface area (Å²) in [5.41, 5.74) is -1.81. The second-order valence-electron chi connectivity index (χ2n) is 4.60. The zero-order valence-electron chi connectivity index (χ0n) is 9.11. The van der Waals surface area contributed by atoms with Crippen molar-refractivity contribution in [1.29, 1.82) is 0 Å². The summed E-state index contributed by atoms with van der Waals surface area (Å²) in [6, 6.07) is 0. The van der Waals surface area contributed by atoms with Crippen LogP contribution in [-0.2, 0) is 0 Å². The van der Waals surface area contributed by atoms with E-state index in [0.717, 1.165) is 4.90 Å². The molecule has 0 bridgehead atoms. The van der Waals surface area contributed by atoms with E-state index in [4.69, 9.17) is 15.3 Å². The summed E-state index contributed by atoms with van der Waals surface area (Å²) >= 11 is 0. The van der Waals surface area contributed by atoms with Gasteiger partial charge >= 0.3 is 6.09 Å². The van der Waals surface area contributed by atoms with Gasteiger partial charge in [0.2, 0.25) is 0 Å². The third kappa shape index (κ3) is 2.59. The Kier molecular flexibility index (Phi) is 3.91. The predicted molar refractivity (Wildman–Crippen MR) is 52.2 cm³/mol. The summed E-state index contributed by atoms with van der Waals surface area (Å²) in [6.45, 7) is 5.83. The first-order valence-electron chi connectivity index (χ1n) is 4.44. The van der Waals surface area contributed by atoms with E-state index in [1.807, 2.05) is 0 Å². The first-order chi connectivity index (χ1) is 6.19. The molecular formula is C9H19NO4. The maximum absolute atomic E-state index is 11.0. The number of hydrogen-bond donors (Lipinski definition) is 3. The average molecular weight is 205 g/mol. The predicted octanol–water partition coefficient (Wildman–Crippen LogP) is 0.508. The minimum atomic E-state index is -1.15. The number of carbonyl (C=O) groups is 1. The van der Waals surface area contributed by atoms with E-state index in [9.17, 15) is 4.79 Å². The third-order valence-electron chi connectivity index (χ3n) is 2.08. The van der Waals surface area contributed by atoms with Gasteiger partial charge in [0, 0.05) is 5.54 Å². The Hall–Kier alpha value is -0.810. The molecule has 0 heterocycles. The van der Waals surface area contributed by atoms with Crippen molar-refractivity contribution in [2.45, 2.75) is 38.8 Å². The molecule has 0 unspecified atom stereocenters. The van der Waals surface area contributed by atoms with Gasteiger partial charge in [0.05, 0.1) is 18.8 Å². The Bertz CT molecular complexity index is 205. The molecule has 0 radical (unpaired) electrons. The first-order valence-corrected chi connectivity index (χ1v) is 4.44. The van der Waals surface area contributed by atoms with E-state index in [0.29, 0.717) is 0 Å². The monoisotopic (exact) mass is 205 g/mol. The lowest BCUT2D eigenvalue weighted by molar-refractivity contribution is -0.0348. The summed E-state index contributed by atoms with van der Waals surface area (Å²) in [7, 11) is 0. The Balaban J connectivity index is 5.10. The lowest BCUT2D eigenvalue weighted by Crippen LogP contribution is -2.61. The molecule has 5 heteroatoms. The average Bonchev–Trinajstić information content (AvgIpc) is 2.00. The van der Waals surface area contributed by atoms with Crippen LogP contribution in [0.4, 0.5) is 4.79 Å². The molecule has 5 nitrogen and oxygen atoms in total. The summed E-state index contributed by atoms with van der Waals surface area (Å²) in [4.78, 5) is 12.1. The van der Waals surface area contributed by atoms with E-state index >= 15 is 0 Å². The van der Waals surface area contributed by atoms with Crippen molar-refractivity contribution in [1.82, 2.24) is 4.90 Å². The van der Waals surface area contributed by atoms with Crippen LogP contribution in [0.3, 0.4) is 0 Å². The van der Waals surface area contributed by atoms with Gasteiger partial charge in [-0.15, -0.1) is 0 Å². The van der Waals surface area contributed by atoms with Gasteiger partial charge in [0.25, 0.3) is 0 Å². The molecule has 0 aliphatic carbocycles. The van der Waals surface area contributed by atoms with Crippen molar-refractivity contribution in [3.8, 4) is 0 Å². The maximum atomic E-state index is 11.0. The van der Waals surface area contributed by atoms with Gasteiger partial charge in [-0.25, -0.2) is 4.79 Å². The Morgan fingerprint density at radius 1 is 1.14 bits per heavy atom. The smallest absolute Gasteiger partial charge is 0.408 e. The number of amides is 1. The molecule has 0 spiro atoms. The molecule has 0 saturated heterocycles. The molecule has 0 rings (SSSR count). The van der Waals surface area contributed by atoms with Crippen LogP contribution in [0.1, 0.15) is 27.7 Å². The molecule has 1 amide bonds. The zero-order valence-corrected chi connectivity index (χ0v) is 9.11. The van der Waals surface area contributed by atoms with Crippen molar-refractivity contribution in [2.24, 2.45) is 0 Å². The lowest BCUT2D eigenvalue weighted by Gasteiger charge is -2.45. The second kappa shape index (κ2) is 4.14. The van der Waals surface area contributed by atoms with Crippen molar-refractivity contribution < 1.29 is 20.1 Å². The first kappa shape index (κ1) is 13.2. The number of carboxylic acid groups (broad SMARTS) is 1. The highest BCUT2D eigenvalue weighted by molar-refractivity contribution is 5.67. The molecule has 0 aliphatic rings. The van der Waals surface area contributed by atoms with Crippen LogP contribution in [0.25, 0.3) is 0 Å². The van der Waals surface area contributed by atoms with Crippen molar-refractivity contribution >= 4 is 6.09 Å². The van der Waals surface area contributed by atoms with Crippen LogP contribution < -0.4 is 0 Å². The molecule has 3 N–H and O–H groups in total. The molecule has 0 saturated carbocycles. The molecule has 84 valence electrons. The third-order valence-corrected chi connectivity index (χ3v) is 2.08. The molecule has 0 aliphatic heterocycles. The Morgan fingerprint density at radius 3 is 1.57 bits per heavy atom. The van der Waals surface area contributed by atoms with Gasteiger partial charge in [-0.1, -0.05) is 0 Å². The Morgan fingerprint density at radius 2 is 1.50 bits per heavy atom. The van der Waals surface area contributed by atoms with Crippen molar-refractivity contribution in [2.75, 3.05) is 13.2 Å². The molecule has 0 aromatic rings. The molecule has 0 atom stereocenters. The fourth-order valence-corrected chi connectivity index (χ4v) is 1.52. The maximum Gasteiger partial charge on any atom is 0.408 e. The van der Waals surface area contributed by atoms with E-state index in [-0.39, 0.29) is 0 Å². The van der Waals surface area contributed by atoms with Crippen molar-refractivity contribution in [3.05, 3.63) is 0 Å². The van der Waals surface area contributed by atoms with E-state index < -0.39 is 30.4 Å². The van der Waals surface area contributed by atoms with Crippen molar-refractivity contribution in [3.63, 3.8) is 0 Å². The summed E-state index contributed by atoms with van der Waals surface area (Å²) in [5.74, 6) is 0. The van der Waals surface area contributed by atoms with Crippen LogP contribution in [0.15, 0.2) is 0 Å². The van der Waals surface area contributed by atoms with Gasteiger partial charge in [0.15, 0.2) is 0 Å². The minimum Gasteiger partial charge on any atom is -0.465 e. The number of rotatable bonds is 3. The molecular weight excluding hydrogens is 186 g/mol. The van der Waals surface area contributed by atoms with Gasteiger partial charge < -0.3 is 15.3 Å². The van der Waals surface area contributed by atoms with Gasteiger partial charge in [0.1, 0.15) is 0 Å². The van der Waals surface area contributed by atoms with Crippen LogP contribution in [0.2, 0.25) is 0 Å². The van der Waals surface area contributed by atoms with E-state index in [1.54, 1.807) is 20.8 Å². The summed E-state index contributed by atoms with van der Waals surface area (Å²) < 4.78 is 0. The second-order valence-corrected chi connectivity index (χ2v) is 4.60. The van der Waals surface area contributed by atoms with Crippen LogP contribution >= 0.6 is 0 Å². The van der Waals surface area contributed by atoms with Gasteiger partial charge in [-0.3, -0.25) is 4.90 Å². The van der Waals surface area contributed by atoms with Gasteiger partial charge in [-0.2, -0.15) is 0 Å². The minimum absolute atomic E-state index is 0.410. The van der Waals surface area contributed by atoms with Crippen LogP contribution in [0, 0.1) is 0 Å². The van der Waals surface area contributed by atoms with E-state index in [2.05, 4.69) is 0 Å². The Labute approximate surface area is 84.0 Å². The topological polar surface area (TPSA) is 81.0 Å². The number of aliphatic hydroxyl groups is 2. The number of aliphatic hydroxyl groups excluding tert-OH is 2. The quantitative estimate of drug-likeness (QED) is 0.627. The van der Waals surface area contributed by atoms with Crippen LogP contribution in [-0.4, -0.2) is 50.6 Å². The molecule has 0 aromatic carbocycles. The fraction of sp³-hybridized carbons (Fsp3) is 0.889. The summed E-state index contributed by atoms with van der Waals surface area (Å²) in [5, 5.41) is 27.2. The number of nitrogens with zero attached hydrogens (tertiary/aromatic N) is 1. The van der Waals surface area contributed by atoms with Crippen LogP contribution in [0.5, 0.6) is 0 Å². The van der Waals surface area contributed by atoms with E-state index in [1.165, 1.54) is 6.92 Å². The normalized spacial score (nSPS) is 12.7. The fourth-order valence-electron chi connectivity index (χ4n) is 1.52. The SMILES string of the molecule is CC(C)(C)N(C(=O)O)C(C)(CO)CO.